The second kappa shape index (κ2) is 10.3. The van der Waals surface area contributed by atoms with Gasteiger partial charge in [0.2, 0.25) is 0 Å². The van der Waals surface area contributed by atoms with Crippen molar-refractivity contribution in [3.63, 3.8) is 0 Å². The first-order chi connectivity index (χ1) is 18.3. The number of hydrogen-bond donors (Lipinski definition) is 5. The molecule has 2 saturated heterocycles. The number of aromatic nitrogens is 8. The molecular weight excluding hydrogens is 496 g/mol. The van der Waals surface area contributed by atoms with E-state index in [2.05, 4.69) is 50.7 Å². The molecule has 4 aromatic rings. The van der Waals surface area contributed by atoms with Crippen LogP contribution in [0.4, 0.5) is 11.6 Å². The molecule has 38 heavy (non-hydrogen) atoms. The van der Waals surface area contributed by atoms with Crippen LogP contribution in [0, 0.1) is 11.8 Å². The Morgan fingerprint density at radius 3 is 1.76 bits per heavy atom. The molecule has 0 unspecified atom stereocenters. The van der Waals surface area contributed by atoms with Crippen LogP contribution in [0.3, 0.4) is 0 Å². The number of anilines is 2. The molecule has 8 atom stereocenters. The zero-order valence-corrected chi connectivity index (χ0v) is 21.2. The van der Waals surface area contributed by atoms with Gasteiger partial charge < -0.3 is 36.3 Å². The predicted molar refractivity (Wildman–Crippen MR) is 135 cm³/mol. The Labute approximate surface area is 217 Å². The van der Waals surface area contributed by atoms with E-state index in [0.717, 1.165) is 12.1 Å². The van der Waals surface area contributed by atoms with Crippen LogP contribution in [0.25, 0.3) is 22.3 Å². The lowest BCUT2D eigenvalue weighted by molar-refractivity contribution is -0.0511. The summed E-state index contributed by atoms with van der Waals surface area (Å²) in [6.07, 6.45) is 3.08. The lowest BCUT2D eigenvalue weighted by Crippen LogP contribution is -2.33. The standard InChI is InChI=1S/C13H19N5O.C10H13N5O4/c1-4-9-7(2)8(3)13(19-9)18-6-17-10-11(14)15-5-16-12(10)18;11-8-5-9(13-2-12-8)15(3-14-5)10-7(18)6(17)4(1-16)19-10/h5-9,13H,4H2,1-3H3,(H2,14,15,16);2-4,6-7,10,16-18H,1H2,(H2,11,12,13)/t7-,8+,9+,13+;4-,6-,7-,10-/m01/s1. The molecular formula is C23H32N10O5. The van der Waals surface area contributed by atoms with Crippen LogP contribution in [-0.2, 0) is 9.47 Å². The number of aliphatic hydroxyl groups excluding tert-OH is 3. The molecule has 0 radical (unpaired) electrons. The monoisotopic (exact) mass is 528 g/mol. The molecule has 6 heterocycles. The van der Waals surface area contributed by atoms with Gasteiger partial charge in [0.25, 0.3) is 0 Å². The maximum Gasteiger partial charge on any atom is 0.167 e. The van der Waals surface area contributed by atoms with E-state index in [9.17, 15) is 10.2 Å². The number of nitrogens with zero attached hydrogens (tertiary/aromatic N) is 8. The van der Waals surface area contributed by atoms with Crippen molar-refractivity contribution in [1.82, 2.24) is 39.0 Å². The summed E-state index contributed by atoms with van der Waals surface area (Å²) in [4.78, 5) is 24.4. The first kappa shape index (κ1) is 26.1. The highest BCUT2D eigenvalue weighted by Crippen LogP contribution is 2.41. The van der Waals surface area contributed by atoms with Gasteiger partial charge in [-0.25, -0.2) is 29.9 Å². The van der Waals surface area contributed by atoms with E-state index in [1.807, 2.05) is 4.57 Å². The molecule has 6 rings (SSSR count). The first-order valence-electron chi connectivity index (χ1n) is 12.4. The fourth-order valence-electron chi connectivity index (χ4n) is 5.03. The smallest absolute Gasteiger partial charge is 0.167 e. The highest BCUT2D eigenvalue weighted by molar-refractivity contribution is 5.81. The quantitative estimate of drug-likeness (QED) is 0.236. The number of hydrogen-bond acceptors (Lipinski definition) is 13. The van der Waals surface area contributed by atoms with Crippen LogP contribution < -0.4 is 11.5 Å². The minimum Gasteiger partial charge on any atom is -0.394 e. The molecule has 15 nitrogen and oxygen atoms in total. The van der Waals surface area contributed by atoms with Gasteiger partial charge in [-0.1, -0.05) is 20.8 Å². The highest BCUT2D eigenvalue weighted by atomic mass is 16.6. The molecule has 0 bridgehead atoms. The van der Waals surface area contributed by atoms with Crippen molar-refractivity contribution >= 4 is 34.0 Å². The highest BCUT2D eigenvalue weighted by Gasteiger charge is 2.44. The van der Waals surface area contributed by atoms with Crippen molar-refractivity contribution in [3.8, 4) is 0 Å². The third-order valence-electron chi connectivity index (χ3n) is 7.42. The molecule has 0 aliphatic carbocycles. The van der Waals surface area contributed by atoms with Crippen molar-refractivity contribution in [2.75, 3.05) is 18.1 Å². The zero-order chi connectivity index (χ0) is 27.1. The summed E-state index contributed by atoms with van der Waals surface area (Å²) >= 11 is 0. The molecule has 2 fully saturated rings. The number of ether oxygens (including phenoxy) is 2. The van der Waals surface area contributed by atoms with E-state index in [1.54, 1.807) is 6.33 Å². The van der Waals surface area contributed by atoms with Crippen LogP contribution in [0.2, 0.25) is 0 Å². The Morgan fingerprint density at radius 2 is 1.29 bits per heavy atom. The number of rotatable bonds is 4. The second-order valence-electron chi connectivity index (χ2n) is 9.59. The Morgan fingerprint density at radius 1 is 0.763 bits per heavy atom. The maximum atomic E-state index is 9.95. The summed E-state index contributed by atoms with van der Waals surface area (Å²) in [5.74, 6) is 1.56. The van der Waals surface area contributed by atoms with E-state index < -0.39 is 31.1 Å². The third kappa shape index (κ3) is 4.31. The van der Waals surface area contributed by atoms with E-state index in [0.29, 0.717) is 34.3 Å². The number of imidazole rings is 2. The zero-order valence-electron chi connectivity index (χ0n) is 21.2. The van der Waals surface area contributed by atoms with Crippen molar-refractivity contribution in [2.45, 2.75) is 64.1 Å². The second-order valence-corrected chi connectivity index (χ2v) is 9.59. The molecule has 0 amide bonds. The molecule has 15 heteroatoms. The van der Waals surface area contributed by atoms with Crippen LogP contribution in [0.5, 0.6) is 0 Å². The fraction of sp³-hybridized carbons (Fsp3) is 0.565. The van der Waals surface area contributed by atoms with Gasteiger partial charge >= 0.3 is 0 Å². The molecule has 2 aliphatic rings. The van der Waals surface area contributed by atoms with E-state index in [-0.39, 0.29) is 18.1 Å². The van der Waals surface area contributed by atoms with Gasteiger partial charge in [-0.05, 0) is 12.3 Å². The number of nitrogen functional groups attached to an aromatic ring is 2. The summed E-state index contributed by atoms with van der Waals surface area (Å²) in [5.41, 5.74) is 13.6. The largest absolute Gasteiger partial charge is 0.394 e. The Bertz CT molecular complexity index is 1310. The molecule has 4 aromatic heterocycles. The van der Waals surface area contributed by atoms with Gasteiger partial charge in [0.15, 0.2) is 29.2 Å². The summed E-state index contributed by atoms with van der Waals surface area (Å²) in [5, 5.41) is 28.7. The van der Waals surface area contributed by atoms with E-state index >= 15 is 0 Å². The fourth-order valence-corrected chi connectivity index (χ4v) is 5.03. The number of aliphatic hydroxyl groups is 3. The van der Waals surface area contributed by atoms with E-state index in [1.165, 1.54) is 23.5 Å². The van der Waals surface area contributed by atoms with Crippen molar-refractivity contribution in [1.29, 1.82) is 0 Å². The molecule has 204 valence electrons. The molecule has 7 N–H and O–H groups in total. The predicted octanol–water partition coefficient (Wildman–Crippen LogP) is 0.00810. The SMILES string of the molecule is CC[C@H]1O[C@@H](n2cnc3c(N)ncnc32)[C@H](C)[C@@H]1C.Nc1ncnc2c1ncn2[C@@H]1O[C@H](CO)[C@@H](O)[C@H]1O. The average molecular weight is 529 g/mol. The summed E-state index contributed by atoms with van der Waals surface area (Å²) in [6, 6.07) is 0. The molecule has 0 aromatic carbocycles. The van der Waals surface area contributed by atoms with Crippen LogP contribution in [-0.4, -0.2) is 85.4 Å². The topological polar surface area (TPSA) is 218 Å². The summed E-state index contributed by atoms with van der Waals surface area (Å²) in [6.45, 7) is 6.21. The number of nitrogens with two attached hydrogens (primary N) is 2. The Balaban J connectivity index is 0.000000155. The van der Waals surface area contributed by atoms with Crippen LogP contribution >= 0.6 is 0 Å². The lowest BCUT2D eigenvalue weighted by atomic mass is 9.91. The summed E-state index contributed by atoms with van der Waals surface area (Å²) in [7, 11) is 0. The molecule has 0 saturated carbocycles. The third-order valence-corrected chi connectivity index (χ3v) is 7.42. The normalized spacial score (nSPS) is 31.1. The van der Waals surface area contributed by atoms with Crippen LogP contribution in [0.1, 0.15) is 39.6 Å². The average Bonchev–Trinajstić information content (AvgIpc) is 3.67. The number of fused-ring (bicyclic) bond motifs is 2. The van der Waals surface area contributed by atoms with Crippen molar-refractivity contribution in [3.05, 3.63) is 25.3 Å². The van der Waals surface area contributed by atoms with Crippen molar-refractivity contribution < 1.29 is 24.8 Å². The minimum absolute atomic E-state index is 0.0285. The maximum absolute atomic E-state index is 9.95. The van der Waals surface area contributed by atoms with Gasteiger partial charge in [-0.3, -0.25) is 9.13 Å². The lowest BCUT2D eigenvalue weighted by Gasteiger charge is -2.17. The summed E-state index contributed by atoms with van der Waals surface area (Å²) < 4.78 is 15.0. The van der Waals surface area contributed by atoms with Crippen LogP contribution in [0.15, 0.2) is 25.3 Å². The molecule has 0 spiro atoms. The van der Waals surface area contributed by atoms with Gasteiger partial charge in [0, 0.05) is 5.92 Å². The van der Waals surface area contributed by atoms with Gasteiger partial charge in [-0.2, -0.15) is 0 Å². The van der Waals surface area contributed by atoms with Gasteiger partial charge in [0.1, 0.15) is 48.2 Å². The van der Waals surface area contributed by atoms with Gasteiger partial charge in [-0.15, -0.1) is 0 Å². The minimum atomic E-state index is -1.19. The Kier molecular flexibility index (Phi) is 7.11. The van der Waals surface area contributed by atoms with Gasteiger partial charge in [0.05, 0.1) is 25.4 Å². The van der Waals surface area contributed by atoms with Crippen molar-refractivity contribution in [2.24, 2.45) is 11.8 Å². The van der Waals surface area contributed by atoms with E-state index in [4.69, 9.17) is 26.0 Å². The first-order valence-corrected chi connectivity index (χ1v) is 12.4. The molecule has 2 aliphatic heterocycles. The Hall–Kier alpha value is -3.50.